The summed E-state index contributed by atoms with van der Waals surface area (Å²) in [6.07, 6.45) is 44.7. The Morgan fingerprint density at radius 3 is 1.24 bits per heavy atom. The van der Waals surface area contributed by atoms with Gasteiger partial charge in [-0.2, -0.15) is 0 Å². The number of furan rings is 2. The molecule has 63 heavy (non-hydrogen) atoms. The van der Waals surface area contributed by atoms with Crippen LogP contribution in [0.3, 0.4) is 0 Å². The minimum absolute atomic E-state index is 0. The maximum absolute atomic E-state index is 11.7. The zero-order valence-corrected chi connectivity index (χ0v) is 46.3. The first kappa shape index (κ1) is 68.6. The van der Waals surface area contributed by atoms with Crippen molar-refractivity contribution in [3.05, 3.63) is 71.6 Å². The molecule has 2 rings (SSSR count). The van der Waals surface area contributed by atoms with Gasteiger partial charge in [-0.25, -0.2) is 0 Å². The summed E-state index contributed by atoms with van der Waals surface area (Å²) in [6, 6.07) is 6.70. The Balaban J connectivity index is -0.000000280. The van der Waals surface area contributed by atoms with Crippen LogP contribution in [-0.4, -0.2) is 36.1 Å². The van der Waals surface area contributed by atoms with Crippen LogP contribution in [0.4, 0.5) is 0 Å². The van der Waals surface area contributed by atoms with Crippen molar-refractivity contribution in [1.82, 2.24) is 0 Å². The monoisotopic (exact) mass is 937 g/mol. The van der Waals surface area contributed by atoms with E-state index in [2.05, 4.69) is 43.0 Å². The first-order chi connectivity index (χ1) is 29.8. The second kappa shape index (κ2) is 57.2. The molecular formula is C50H82K2O11. The Kier molecular flexibility index (Phi) is 62.2. The first-order valence-electron chi connectivity index (χ1n) is 23.3. The quantitative estimate of drug-likeness (QED) is 0.0136. The smallest absolute Gasteiger partial charge is 1.00 e. The molecular weight excluding hydrogens is 855 g/mol. The topological polar surface area (TPSA) is 173 Å². The number of hydrogen-bond donors (Lipinski definition) is 1. The van der Waals surface area contributed by atoms with E-state index in [-0.39, 0.29) is 129 Å². The van der Waals surface area contributed by atoms with Crippen LogP contribution in [0.25, 0.3) is 0 Å². The van der Waals surface area contributed by atoms with Crippen molar-refractivity contribution in [2.75, 3.05) is 0 Å². The number of allylic oxidation sites excluding steroid dienone is 4. The van der Waals surface area contributed by atoms with Crippen LogP contribution in [0.1, 0.15) is 235 Å². The van der Waals surface area contributed by atoms with E-state index in [1.54, 1.807) is 18.2 Å². The van der Waals surface area contributed by atoms with Gasteiger partial charge < -0.3 is 30.2 Å². The van der Waals surface area contributed by atoms with Gasteiger partial charge in [0, 0.05) is 19.3 Å². The van der Waals surface area contributed by atoms with Gasteiger partial charge in [0.25, 0.3) is 6.47 Å². The van der Waals surface area contributed by atoms with Crippen LogP contribution >= 0.6 is 0 Å². The van der Waals surface area contributed by atoms with E-state index in [1.807, 2.05) is 13.0 Å². The molecule has 0 amide bonds. The molecule has 0 radical (unpaired) electrons. The number of carboxylic acids is 1. The third kappa shape index (κ3) is 53.5. The van der Waals surface area contributed by atoms with E-state index >= 15 is 0 Å². The Bertz CT molecular complexity index is 1360. The predicted octanol–water partition coefficient (Wildman–Crippen LogP) is 7.49. The van der Waals surface area contributed by atoms with E-state index in [1.165, 1.54) is 141 Å². The molecule has 0 aliphatic rings. The number of aryl methyl sites for hydroxylation is 1. The Hall–Kier alpha value is -0.977. The molecule has 0 saturated heterocycles. The minimum Gasteiger partial charge on any atom is -1.00 e. The van der Waals surface area contributed by atoms with Gasteiger partial charge in [-0.1, -0.05) is 148 Å². The predicted molar refractivity (Wildman–Crippen MR) is 242 cm³/mol. The number of aliphatic carboxylic acids is 1. The van der Waals surface area contributed by atoms with Crippen LogP contribution in [-0.2, 0) is 37.0 Å². The summed E-state index contributed by atoms with van der Waals surface area (Å²) < 4.78 is 15.3. The molecule has 2 aromatic heterocycles. The molecule has 0 spiro atoms. The van der Waals surface area contributed by atoms with Crippen LogP contribution in [0.15, 0.2) is 57.4 Å². The molecule has 0 fully saturated rings. The van der Waals surface area contributed by atoms with E-state index in [9.17, 15) is 19.2 Å². The Morgan fingerprint density at radius 1 is 0.556 bits per heavy atom. The van der Waals surface area contributed by atoms with E-state index < -0.39 is 5.97 Å². The third-order valence-corrected chi connectivity index (χ3v) is 9.66. The fourth-order valence-corrected chi connectivity index (χ4v) is 6.09. The first-order valence-corrected chi connectivity index (χ1v) is 23.3. The van der Waals surface area contributed by atoms with Crippen molar-refractivity contribution in [2.45, 2.75) is 214 Å². The maximum atomic E-state index is 11.7. The SMILES string of the molecule is CCCCCCCC/C=C\CCCCCCCC(=O)O.CCCCCCCC/C=C\CCCCCCCC(=O)OCc1ccc(C=O)o1.CCc1ccc(C=O)o1.O=CO[O-].[H-].[K+].[K+]. The van der Waals surface area contributed by atoms with Gasteiger partial charge in [0.1, 0.15) is 18.1 Å². The molecule has 1 N–H and O–H groups in total. The molecule has 350 valence electrons. The number of carboxylic acid groups (broad SMARTS) is 1. The number of carbonyl (C=O) groups is 5. The minimum atomic E-state index is -0.664. The van der Waals surface area contributed by atoms with Gasteiger partial charge in [0.2, 0.25) is 0 Å². The van der Waals surface area contributed by atoms with Crippen molar-refractivity contribution in [2.24, 2.45) is 0 Å². The summed E-state index contributed by atoms with van der Waals surface area (Å²) in [5.41, 5.74) is 0. The van der Waals surface area contributed by atoms with Gasteiger partial charge in [-0.05, 0) is 88.5 Å². The van der Waals surface area contributed by atoms with Crippen LogP contribution in [0.5, 0.6) is 0 Å². The summed E-state index contributed by atoms with van der Waals surface area (Å²) in [5.74, 6) is 1.15. The van der Waals surface area contributed by atoms with E-state index in [0.717, 1.165) is 37.9 Å². The van der Waals surface area contributed by atoms with Crippen molar-refractivity contribution < 1.29 is 157 Å². The Labute approximate surface area is 467 Å². The van der Waals surface area contributed by atoms with Crippen molar-refractivity contribution in [3.63, 3.8) is 0 Å². The number of unbranched alkanes of at least 4 members (excludes halogenated alkanes) is 22. The largest absolute Gasteiger partial charge is 1.00 e. The van der Waals surface area contributed by atoms with E-state index in [0.29, 0.717) is 36.9 Å². The second-order valence-corrected chi connectivity index (χ2v) is 15.1. The molecule has 0 aliphatic heterocycles. The van der Waals surface area contributed by atoms with Crippen molar-refractivity contribution in [1.29, 1.82) is 0 Å². The molecule has 13 heteroatoms. The molecule has 0 atom stereocenters. The molecule has 11 nitrogen and oxygen atoms in total. The van der Waals surface area contributed by atoms with Gasteiger partial charge in [0.05, 0.1) is 0 Å². The van der Waals surface area contributed by atoms with Crippen LogP contribution in [0, 0.1) is 0 Å². The molecule has 0 aromatic carbocycles. The summed E-state index contributed by atoms with van der Waals surface area (Å²) in [6.45, 7) is 6.41. The fourth-order valence-electron chi connectivity index (χ4n) is 6.09. The molecule has 0 bridgehead atoms. The van der Waals surface area contributed by atoms with E-state index in [4.69, 9.17) is 28.7 Å². The van der Waals surface area contributed by atoms with Gasteiger partial charge >= 0.3 is 115 Å². The summed E-state index contributed by atoms with van der Waals surface area (Å²) in [4.78, 5) is 53.8. The zero-order chi connectivity index (χ0) is 45.3. The number of carbonyl (C=O) groups excluding carboxylic acids is 4. The molecule has 0 unspecified atom stereocenters. The zero-order valence-electron chi connectivity index (χ0n) is 41.1. The fraction of sp³-hybridized carbons (Fsp3) is 0.660. The average molecular weight is 937 g/mol. The summed E-state index contributed by atoms with van der Waals surface area (Å²) in [7, 11) is 0. The summed E-state index contributed by atoms with van der Waals surface area (Å²) in [5, 5.41) is 16.9. The normalized spacial score (nSPS) is 10.2. The number of rotatable bonds is 36. The van der Waals surface area contributed by atoms with Gasteiger partial charge in [-0.3, -0.25) is 24.0 Å². The molecule has 2 heterocycles. The third-order valence-electron chi connectivity index (χ3n) is 9.66. The van der Waals surface area contributed by atoms with Gasteiger partial charge in [-0.15, -0.1) is 0 Å². The second-order valence-electron chi connectivity index (χ2n) is 15.1. The van der Waals surface area contributed by atoms with Gasteiger partial charge in [0.15, 0.2) is 24.1 Å². The van der Waals surface area contributed by atoms with Crippen LogP contribution in [0.2, 0.25) is 0 Å². The number of ether oxygens (including phenoxy) is 1. The number of aldehydes is 2. The maximum Gasteiger partial charge on any atom is 1.00 e. The number of hydrogen-bond acceptors (Lipinski definition) is 10. The summed E-state index contributed by atoms with van der Waals surface area (Å²) >= 11 is 0. The van der Waals surface area contributed by atoms with Crippen molar-refractivity contribution >= 4 is 31.0 Å². The molecule has 2 aromatic rings. The van der Waals surface area contributed by atoms with Crippen molar-refractivity contribution in [3.8, 4) is 0 Å². The molecule has 0 aliphatic carbocycles. The molecule has 0 saturated carbocycles. The number of esters is 1. The standard InChI is InChI=1S/C24H38O4.C18H34O2.C7H8O2.CH2O3.2K.H/c1-2-3-4-5-6-7-8-9-10-11-12-13-14-15-16-17-24(26)27-21-23-19-18-22(20-25)28-23;1-2-3-4-5-6-7-8-9-10-11-12-13-14-15-16-17-18(19)20;1-2-6-3-4-7(5-8)9-6;2-1-4-3;;;/h9-10,18-20H,2-8,11-17,21H2,1H3;9-10H,2-8,11-17H2,1H3,(H,19,20);3-5H,2H2,1H3;1,3H;;;/q;;;;2*+1;-1/p-1/b2*10-9-;;;;;. The average Bonchev–Trinajstić information content (AvgIpc) is 3.96. The van der Waals surface area contributed by atoms with Crippen LogP contribution < -0.4 is 108 Å². The Morgan fingerprint density at radius 2 is 0.905 bits per heavy atom.